The number of aryl methyl sites for hydroxylation is 3. The zero-order valence-electron chi connectivity index (χ0n) is 38.5. The molecule has 14 nitrogen and oxygen atoms in total. The van der Waals surface area contributed by atoms with Gasteiger partial charge in [0.1, 0.15) is 18.3 Å². The van der Waals surface area contributed by atoms with E-state index in [0.29, 0.717) is 37.6 Å². The van der Waals surface area contributed by atoms with Crippen molar-refractivity contribution in [2.75, 3.05) is 26.4 Å². The van der Waals surface area contributed by atoms with Crippen molar-refractivity contribution in [3.8, 4) is 0 Å². The van der Waals surface area contributed by atoms with Gasteiger partial charge in [-0.25, -0.2) is 16.8 Å². The lowest BCUT2D eigenvalue weighted by molar-refractivity contribution is -0.288. The molecule has 0 bridgehead atoms. The molecule has 1 N–H and O–H groups in total. The Bertz CT molecular complexity index is 2670. The van der Waals surface area contributed by atoms with Gasteiger partial charge in [0.05, 0.1) is 64.7 Å². The Hall–Kier alpha value is -4.08. The number of aliphatic hydroxyl groups is 1. The van der Waals surface area contributed by atoms with Crippen molar-refractivity contribution in [2.45, 2.75) is 124 Å². The summed E-state index contributed by atoms with van der Waals surface area (Å²) in [5.41, 5.74) is 4.99. The molecule has 18 heteroatoms. The van der Waals surface area contributed by atoms with E-state index in [2.05, 4.69) is 0 Å². The maximum absolute atomic E-state index is 12.5. The van der Waals surface area contributed by atoms with Crippen molar-refractivity contribution in [2.24, 2.45) is 0 Å². The summed E-state index contributed by atoms with van der Waals surface area (Å²) in [6.45, 7) is 10.6. The number of hydrogen-bond acceptors (Lipinski definition) is 14. The topological polar surface area (TPSA) is 187 Å². The van der Waals surface area contributed by atoms with Crippen LogP contribution >= 0.6 is 10.7 Å². The van der Waals surface area contributed by atoms with Crippen molar-refractivity contribution in [3.05, 3.63) is 161 Å². The number of benzene rings is 5. The quantitative estimate of drug-likeness (QED) is 0.115. The van der Waals surface area contributed by atoms with Crippen LogP contribution in [0.15, 0.2) is 148 Å². The number of fused-ring (bicyclic) bond motifs is 2. The molecule has 4 heterocycles. The molecular weight excluding hydrogens is 968 g/mol. The highest BCUT2D eigenvalue weighted by molar-refractivity contribution is 8.13. The van der Waals surface area contributed by atoms with Gasteiger partial charge in [-0.1, -0.05) is 121 Å². The fraction of sp³-hybridized carbons (Fsp3) is 0.412. The minimum absolute atomic E-state index is 0. The molecule has 5 aromatic carbocycles. The van der Waals surface area contributed by atoms with Gasteiger partial charge in [0, 0.05) is 34.7 Å². The molecule has 4 saturated heterocycles. The highest BCUT2D eigenvalue weighted by Gasteiger charge is 2.41. The molecule has 0 saturated carbocycles. The molecule has 5 aromatic rings. The first-order chi connectivity index (χ1) is 32.3. The van der Waals surface area contributed by atoms with Crippen LogP contribution in [0.2, 0.25) is 0 Å². The van der Waals surface area contributed by atoms with Crippen LogP contribution in [-0.4, -0.2) is 98.7 Å². The number of sulfone groups is 1. The minimum atomic E-state index is -3.85. The van der Waals surface area contributed by atoms with Crippen LogP contribution in [0.25, 0.3) is 0 Å². The van der Waals surface area contributed by atoms with Gasteiger partial charge in [-0.15, -0.1) is 0 Å². The zero-order chi connectivity index (χ0) is 49.1. The first kappa shape index (κ1) is 55.8. The second-order valence-electron chi connectivity index (χ2n) is 17.0. The average Bonchev–Trinajstić information content (AvgIpc) is 3.32. The summed E-state index contributed by atoms with van der Waals surface area (Å²) in [6.07, 6.45) is -1.40. The molecule has 376 valence electrons. The number of rotatable bonds is 8. The Balaban J connectivity index is 0.000000183. The van der Waals surface area contributed by atoms with Gasteiger partial charge in [-0.3, -0.25) is 4.18 Å². The normalized spacial score (nSPS) is 24.5. The molecule has 4 aliphatic rings. The monoisotopic (exact) mass is 1030 g/mol. The van der Waals surface area contributed by atoms with Crippen LogP contribution in [0.3, 0.4) is 0 Å². The van der Waals surface area contributed by atoms with E-state index in [0.717, 1.165) is 27.8 Å². The standard InChI is InChI=1S/C20H22O6S.C13H16O4.C10H14O2S.C7H7ClO2S.CH4/c1-14-7-9-17(10-8-14)27(21,22)26-16-11-18-19(23-12-16)13-24-20(25-18)15-5-3-2-4-6-15;14-10-6-11-12(15-7-10)8-16-13(17-11)9-4-2-1-3-5-9;1-8(2)13(11,12)10-6-4-9(3)5-7-10;1-6-2-4-7(5-3-6)11(8,9)10;/h2-10,16,18-20H,11-13H2,1H3;1-5,10-14H,6-8H2;4-8H,1-3H3;2-5H,1H3;1H4/t16-,18-,19+,20?;10-,11-,12+,13?;;;/m00.../s1. The van der Waals surface area contributed by atoms with E-state index in [-0.39, 0.29) is 59.8 Å². The number of hydrogen-bond donors (Lipinski definition) is 1. The Morgan fingerprint density at radius 1 is 0.522 bits per heavy atom. The maximum Gasteiger partial charge on any atom is 0.297 e. The summed E-state index contributed by atoms with van der Waals surface area (Å²) in [5.74, 6) is 0. The summed E-state index contributed by atoms with van der Waals surface area (Å²) >= 11 is 0. The van der Waals surface area contributed by atoms with Crippen molar-refractivity contribution in [1.29, 1.82) is 0 Å². The molecule has 0 spiro atoms. The molecule has 4 fully saturated rings. The van der Waals surface area contributed by atoms with Gasteiger partial charge < -0.3 is 33.5 Å². The Kier molecular flexibility index (Phi) is 20.5. The average molecular weight is 1030 g/mol. The molecular formula is C51H63ClO14S3. The first-order valence-corrected chi connectivity index (χ1v) is 27.4. The number of halogens is 1. The smallest absolute Gasteiger partial charge is 0.297 e. The van der Waals surface area contributed by atoms with Crippen LogP contribution in [-0.2, 0) is 61.6 Å². The zero-order valence-corrected chi connectivity index (χ0v) is 41.7. The van der Waals surface area contributed by atoms with Crippen molar-refractivity contribution in [3.63, 3.8) is 0 Å². The predicted octanol–water partition coefficient (Wildman–Crippen LogP) is 8.96. The fourth-order valence-electron chi connectivity index (χ4n) is 7.28. The number of ether oxygens (including phenoxy) is 6. The fourth-order valence-corrected chi connectivity index (χ4v) is 10.2. The van der Waals surface area contributed by atoms with E-state index in [9.17, 15) is 30.4 Å². The molecule has 0 radical (unpaired) electrons. The second kappa shape index (κ2) is 25.3. The van der Waals surface area contributed by atoms with Crippen LogP contribution in [0.5, 0.6) is 0 Å². The third-order valence-corrected chi connectivity index (χ3v) is 16.2. The second-order valence-corrected chi connectivity index (χ2v) is 23.7. The van der Waals surface area contributed by atoms with Gasteiger partial charge in [0.15, 0.2) is 22.4 Å². The maximum atomic E-state index is 12.5. The highest BCUT2D eigenvalue weighted by Crippen LogP contribution is 2.34. The molecule has 9 rings (SSSR count). The highest BCUT2D eigenvalue weighted by atomic mass is 35.7. The van der Waals surface area contributed by atoms with Gasteiger partial charge >= 0.3 is 0 Å². The van der Waals surface area contributed by atoms with Crippen molar-refractivity contribution in [1.82, 2.24) is 0 Å². The molecule has 2 unspecified atom stereocenters. The van der Waals surface area contributed by atoms with Crippen molar-refractivity contribution < 1.29 is 63.0 Å². The Labute approximate surface area is 412 Å². The predicted molar refractivity (Wildman–Crippen MR) is 262 cm³/mol. The van der Waals surface area contributed by atoms with Gasteiger partial charge in [0.2, 0.25) is 0 Å². The molecule has 0 aromatic heterocycles. The largest absolute Gasteiger partial charge is 0.391 e. The number of aliphatic hydroxyl groups excluding tert-OH is 1. The molecule has 4 aliphatic heterocycles. The van der Waals surface area contributed by atoms with E-state index in [1.807, 2.05) is 93.6 Å². The molecule has 0 amide bonds. The SMILES string of the molecule is C.Cc1ccc(S(=O)(=O)C(C)C)cc1.Cc1ccc(S(=O)(=O)Cl)cc1.Cc1ccc(S(=O)(=O)O[C@@H]2CO[C@@H]3COC(c4ccccc4)O[C@H]3C2)cc1.O[C@@H]1CO[C@@H]2COC(c3ccccc3)O[C@H]2C1. The lowest BCUT2D eigenvalue weighted by atomic mass is 10.0. The van der Waals surface area contributed by atoms with Crippen LogP contribution in [0, 0.1) is 20.8 Å². The summed E-state index contributed by atoms with van der Waals surface area (Å²) in [4.78, 5) is 0.697. The van der Waals surface area contributed by atoms with E-state index < -0.39 is 47.5 Å². The third-order valence-electron chi connectivity index (χ3n) is 11.2. The molecule has 69 heavy (non-hydrogen) atoms. The third kappa shape index (κ3) is 16.2. The summed E-state index contributed by atoms with van der Waals surface area (Å²) in [5, 5.41) is 9.21. The minimum Gasteiger partial charge on any atom is -0.391 e. The first-order valence-electron chi connectivity index (χ1n) is 22.2. The van der Waals surface area contributed by atoms with Crippen LogP contribution in [0.4, 0.5) is 0 Å². The Morgan fingerprint density at radius 3 is 1.36 bits per heavy atom. The van der Waals surface area contributed by atoms with E-state index in [1.165, 1.54) is 12.1 Å². The van der Waals surface area contributed by atoms with Gasteiger partial charge in [-0.2, -0.15) is 8.42 Å². The Morgan fingerprint density at radius 2 is 0.928 bits per heavy atom. The summed E-state index contributed by atoms with van der Waals surface area (Å²) < 4.78 is 110. The molecule has 8 atom stereocenters. The van der Waals surface area contributed by atoms with Gasteiger partial charge in [-0.05, 0) is 71.0 Å². The van der Waals surface area contributed by atoms with Crippen LogP contribution in [0.1, 0.15) is 74.5 Å². The summed E-state index contributed by atoms with van der Waals surface area (Å²) in [6, 6.07) is 39.4. The molecule has 0 aliphatic carbocycles. The van der Waals surface area contributed by atoms with E-state index >= 15 is 0 Å². The van der Waals surface area contributed by atoms with Gasteiger partial charge in [0.25, 0.3) is 19.2 Å². The lowest BCUT2D eigenvalue weighted by Crippen LogP contribution is -2.50. The van der Waals surface area contributed by atoms with Crippen LogP contribution < -0.4 is 0 Å². The van der Waals surface area contributed by atoms with E-state index in [1.54, 1.807) is 62.4 Å². The summed E-state index contributed by atoms with van der Waals surface area (Å²) in [7, 11) is -5.40. The van der Waals surface area contributed by atoms with Crippen molar-refractivity contribution >= 4 is 39.7 Å². The lowest BCUT2D eigenvalue weighted by Gasteiger charge is -2.41. The van der Waals surface area contributed by atoms with E-state index in [4.69, 9.17) is 43.3 Å².